The molecule has 3 heteroatoms. The van der Waals surface area contributed by atoms with Crippen LogP contribution in [-0.2, 0) is 0 Å². The van der Waals surface area contributed by atoms with E-state index in [0.717, 1.165) is 34.0 Å². The first-order chi connectivity index (χ1) is 9.40. The van der Waals surface area contributed by atoms with Crippen LogP contribution in [0.1, 0.15) is 48.2 Å². The van der Waals surface area contributed by atoms with E-state index < -0.39 is 6.10 Å². The molecule has 0 radical (unpaired) electrons. The maximum absolute atomic E-state index is 10.6. The number of aliphatic hydroxyl groups excluding tert-OH is 1. The monoisotopic (exact) mass is 274 g/mol. The lowest BCUT2D eigenvalue weighted by atomic mass is 9.98. The van der Waals surface area contributed by atoms with Crippen molar-refractivity contribution in [3.05, 3.63) is 52.5 Å². The van der Waals surface area contributed by atoms with Crippen LogP contribution in [0.4, 0.5) is 0 Å². The standard InChI is InChI=1S/C17H22O3/c1-10(2)19-15-8-6-7-14(9-15)17(18)16-11(3)12(4)20-13(16)5/h6-10,17-18H,1-5H3. The van der Waals surface area contributed by atoms with E-state index in [0.29, 0.717) is 0 Å². The van der Waals surface area contributed by atoms with Crippen molar-refractivity contribution < 1.29 is 14.3 Å². The van der Waals surface area contributed by atoms with Gasteiger partial charge in [-0.1, -0.05) is 12.1 Å². The van der Waals surface area contributed by atoms with Crippen molar-refractivity contribution in [2.45, 2.75) is 46.8 Å². The molecular weight excluding hydrogens is 252 g/mol. The highest BCUT2D eigenvalue weighted by Crippen LogP contribution is 2.32. The molecule has 1 unspecified atom stereocenters. The smallest absolute Gasteiger partial charge is 0.120 e. The molecule has 0 saturated heterocycles. The molecule has 0 aliphatic heterocycles. The molecule has 20 heavy (non-hydrogen) atoms. The summed E-state index contributed by atoms with van der Waals surface area (Å²) in [7, 11) is 0. The third kappa shape index (κ3) is 2.88. The Bertz CT molecular complexity index is 596. The molecule has 0 aliphatic carbocycles. The molecule has 1 atom stereocenters. The lowest BCUT2D eigenvalue weighted by molar-refractivity contribution is 0.214. The summed E-state index contributed by atoms with van der Waals surface area (Å²) in [6.07, 6.45) is -0.579. The highest BCUT2D eigenvalue weighted by Gasteiger charge is 2.20. The van der Waals surface area contributed by atoms with Crippen LogP contribution in [-0.4, -0.2) is 11.2 Å². The van der Waals surface area contributed by atoms with Gasteiger partial charge in [-0.2, -0.15) is 0 Å². The average Bonchev–Trinajstić information content (AvgIpc) is 2.62. The van der Waals surface area contributed by atoms with Gasteiger partial charge in [-0.15, -0.1) is 0 Å². The van der Waals surface area contributed by atoms with Gasteiger partial charge in [-0.05, 0) is 57.9 Å². The second-order valence-electron chi connectivity index (χ2n) is 5.39. The van der Waals surface area contributed by atoms with Crippen molar-refractivity contribution in [1.29, 1.82) is 0 Å². The summed E-state index contributed by atoms with van der Waals surface area (Å²) in [5.74, 6) is 2.39. The predicted molar refractivity (Wildman–Crippen MR) is 79.2 cm³/mol. The van der Waals surface area contributed by atoms with Crippen molar-refractivity contribution in [3.8, 4) is 5.75 Å². The molecule has 1 aromatic heterocycles. The summed E-state index contributed by atoms with van der Waals surface area (Å²) in [4.78, 5) is 0. The first kappa shape index (κ1) is 14.7. The largest absolute Gasteiger partial charge is 0.491 e. The Balaban J connectivity index is 2.35. The Kier molecular flexibility index (Phi) is 4.19. The Morgan fingerprint density at radius 1 is 1.10 bits per heavy atom. The molecule has 2 aromatic rings. The summed E-state index contributed by atoms with van der Waals surface area (Å²) in [5, 5.41) is 10.6. The second kappa shape index (κ2) is 5.71. The topological polar surface area (TPSA) is 42.6 Å². The van der Waals surface area contributed by atoms with Gasteiger partial charge >= 0.3 is 0 Å². The molecule has 0 spiro atoms. The van der Waals surface area contributed by atoms with Crippen LogP contribution in [0.5, 0.6) is 5.75 Å². The minimum atomic E-state index is -0.692. The lowest BCUT2D eigenvalue weighted by Gasteiger charge is -2.15. The SMILES string of the molecule is Cc1oc(C)c(C(O)c2cccc(OC(C)C)c2)c1C. The van der Waals surface area contributed by atoms with Crippen LogP contribution < -0.4 is 4.74 Å². The fraction of sp³-hybridized carbons (Fsp3) is 0.412. The molecular formula is C17H22O3. The second-order valence-corrected chi connectivity index (χ2v) is 5.39. The van der Waals surface area contributed by atoms with Gasteiger partial charge in [0.05, 0.1) is 6.10 Å². The Hall–Kier alpha value is -1.74. The van der Waals surface area contributed by atoms with Crippen molar-refractivity contribution in [2.75, 3.05) is 0 Å². The molecule has 108 valence electrons. The third-order valence-electron chi connectivity index (χ3n) is 3.44. The Labute approximate surface area is 120 Å². The van der Waals surface area contributed by atoms with E-state index in [1.807, 2.05) is 58.9 Å². The zero-order valence-corrected chi connectivity index (χ0v) is 12.7. The minimum absolute atomic E-state index is 0.113. The van der Waals surface area contributed by atoms with Crippen molar-refractivity contribution in [1.82, 2.24) is 0 Å². The Morgan fingerprint density at radius 2 is 1.80 bits per heavy atom. The third-order valence-corrected chi connectivity index (χ3v) is 3.44. The molecule has 3 nitrogen and oxygen atoms in total. The van der Waals surface area contributed by atoms with Gasteiger partial charge in [-0.3, -0.25) is 0 Å². The molecule has 0 fully saturated rings. The maximum Gasteiger partial charge on any atom is 0.120 e. The Morgan fingerprint density at radius 3 is 2.35 bits per heavy atom. The van der Waals surface area contributed by atoms with Crippen LogP contribution in [0.15, 0.2) is 28.7 Å². The minimum Gasteiger partial charge on any atom is -0.491 e. The first-order valence-electron chi connectivity index (χ1n) is 6.91. The zero-order chi connectivity index (χ0) is 14.9. The molecule has 0 saturated carbocycles. The van der Waals surface area contributed by atoms with E-state index in [9.17, 15) is 5.11 Å². The van der Waals surface area contributed by atoms with Crippen LogP contribution in [0.25, 0.3) is 0 Å². The highest BCUT2D eigenvalue weighted by atomic mass is 16.5. The van der Waals surface area contributed by atoms with Gasteiger partial charge in [0.2, 0.25) is 0 Å². The van der Waals surface area contributed by atoms with Gasteiger partial charge < -0.3 is 14.3 Å². The van der Waals surface area contributed by atoms with Crippen LogP contribution in [0.2, 0.25) is 0 Å². The summed E-state index contributed by atoms with van der Waals surface area (Å²) < 4.78 is 11.3. The van der Waals surface area contributed by atoms with Crippen molar-refractivity contribution in [2.24, 2.45) is 0 Å². The molecule has 1 aromatic carbocycles. The summed E-state index contributed by atoms with van der Waals surface area (Å²) >= 11 is 0. The number of aryl methyl sites for hydroxylation is 2. The molecule has 0 amide bonds. The van der Waals surface area contributed by atoms with Crippen LogP contribution in [0, 0.1) is 20.8 Å². The first-order valence-corrected chi connectivity index (χ1v) is 6.91. The van der Waals surface area contributed by atoms with Gasteiger partial charge in [0.1, 0.15) is 23.4 Å². The number of benzene rings is 1. The fourth-order valence-electron chi connectivity index (χ4n) is 2.41. The number of ether oxygens (including phenoxy) is 1. The van der Waals surface area contributed by atoms with E-state index in [1.165, 1.54) is 0 Å². The number of furan rings is 1. The summed E-state index contributed by atoms with van der Waals surface area (Å²) in [6.45, 7) is 9.73. The fourth-order valence-corrected chi connectivity index (χ4v) is 2.41. The van der Waals surface area contributed by atoms with Crippen LogP contribution in [0.3, 0.4) is 0 Å². The van der Waals surface area contributed by atoms with Gasteiger partial charge in [-0.25, -0.2) is 0 Å². The number of rotatable bonds is 4. The molecule has 0 bridgehead atoms. The number of aliphatic hydroxyl groups is 1. The molecule has 2 rings (SSSR count). The lowest BCUT2D eigenvalue weighted by Crippen LogP contribution is -2.07. The van der Waals surface area contributed by atoms with E-state index in [4.69, 9.17) is 9.15 Å². The van der Waals surface area contributed by atoms with E-state index in [-0.39, 0.29) is 6.10 Å². The van der Waals surface area contributed by atoms with Crippen molar-refractivity contribution >= 4 is 0 Å². The quantitative estimate of drug-likeness (QED) is 0.913. The zero-order valence-electron chi connectivity index (χ0n) is 12.7. The van der Waals surface area contributed by atoms with Crippen molar-refractivity contribution in [3.63, 3.8) is 0 Å². The van der Waals surface area contributed by atoms with Crippen LogP contribution >= 0.6 is 0 Å². The van der Waals surface area contributed by atoms with E-state index >= 15 is 0 Å². The number of hydrogen-bond acceptors (Lipinski definition) is 3. The van der Waals surface area contributed by atoms with Gasteiger partial charge in [0, 0.05) is 5.56 Å². The molecule has 0 aliphatic rings. The summed E-state index contributed by atoms with van der Waals surface area (Å²) in [6, 6.07) is 7.58. The normalized spacial score (nSPS) is 12.8. The van der Waals surface area contributed by atoms with Gasteiger partial charge in [0.25, 0.3) is 0 Å². The predicted octanol–water partition coefficient (Wildman–Crippen LogP) is 4.07. The van der Waals surface area contributed by atoms with Gasteiger partial charge in [0.15, 0.2) is 0 Å². The molecule has 1 N–H and O–H groups in total. The van der Waals surface area contributed by atoms with E-state index in [1.54, 1.807) is 0 Å². The average molecular weight is 274 g/mol. The molecule has 1 heterocycles. The maximum atomic E-state index is 10.6. The highest BCUT2D eigenvalue weighted by molar-refractivity contribution is 5.41. The van der Waals surface area contributed by atoms with E-state index in [2.05, 4.69) is 0 Å². The summed E-state index contributed by atoms with van der Waals surface area (Å²) in [5.41, 5.74) is 2.67. The number of hydrogen-bond donors (Lipinski definition) is 1.